The number of hydrogen-bond acceptors (Lipinski definition) is 6. The van der Waals surface area contributed by atoms with Gasteiger partial charge in [-0.3, -0.25) is 9.59 Å². The number of nitrogens with zero attached hydrogens (tertiary/aromatic N) is 1. The Kier molecular flexibility index (Phi) is 8.31. The highest BCUT2D eigenvalue weighted by Crippen LogP contribution is 2.27. The lowest BCUT2D eigenvalue weighted by molar-refractivity contribution is -0.123. The number of aromatic nitrogens is 1. The van der Waals surface area contributed by atoms with Crippen LogP contribution < -0.4 is 10.6 Å². The van der Waals surface area contributed by atoms with E-state index < -0.39 is 40.8 Å². The third kappa shape index (κ3) is 6.38. The molecule has 0 bridgehead atoms. The van der Waals surface area contributed by atoms with Crippen molar-refractivity contribution < 1.29 is 27.9 Å². The number of esters is 1. The number of amides is 2. The zero-order valence-electron chi connectivity index (χ0n) is 18.2. The number of pyridine rings is 1. The Morgan fingerprint density at radius 3 is 2.00 bits per heavy atom. The van der Waals surface area contributed by atoms with Gasteiger partial charge in [-0.25, -0.2) is 18.6 Å². The molecule has 0 aliphatic carbocycles. The molecule has 3 aromatic rings. The van der Waals surface area contributed by atoms with Crippen LogP contribution in [0.3, 0.4) is 0 Å². The maximum atomic E-state index is 13.8. The van der Waals surface area contributed by atoms with Crippen LogP contribution in [0.25, 0.3) is 0 Å². The molecule has 0 spiro atoms. The van der Waals surface area contributed by atoms with Gasteiger partial charge < -0.3 is 15.4 Å². The second-order valence-corrected chi connectivity index (χ2v) is 8.43. The fraction of sp³-hybridized carbons (Fsp3) is 0.167. The van der Waals surface area contributed by atoms with Crippen molar-refractivity contribution >= 4 is 40.9 Å². The maximum Gasteiger partial charge on any atom is 0.341 e. The molecule has 1 heterocycles. The van der Waals surface area contributed by atoms with Gasteiger partial charge in [0.15, 0.2) is 6.10 Å². The number of carbonyl (C=O) groups excluding carboxylic acids is 3. The SMILES string of the molecule is C[C@H](OC(=O)c1cccnc1S[C@@H](C)C(=O)Nc1ccccc1F)C(=O)Nc1ccccc1F. The number of rotatable bonds is 8. The molecule has 7 nitrogen and oxygen atoms in total. The van der Waals surface area contributed by atoms with Crippen LogP contribution in [0.1, 0.15) is 24.2 Å². The summed E-state index contributed by atoms with van der Waals surface area (Å²) in [5.74, 6) is -3.24. The molecule has 2 amide bonds. The summed E-state index contributed by atoms with van der Waals surface area (Å²) in [6, 6.07) is 14.3. The van der Waals surface area contributed by atoms with E-state index in [-0.39, 0.29) is 22.0 Å². The molecule has 1 aromatic heterocycles. The topological polar surface area (TPSA) is 97.4 Å². The molecular weight excluding hydrogens is 464 g/mol. The molecule has 0 fully saturated rings. The predicted molar refractivity (Wildman–Crippen MR) is 124 cm³/mol. The second-order valence-electron chi connectivity index (χ2n) is 7.10. The fourth-order valence-electron chi connectivity index (χ4n) is 2.73. The van der Waals surface area contributed by atoms with Crippen molar-refractivity contribution in [2.24, 2.45) is 0 Å². The highest BCUT2D eigenvalue weighted by atomic mass is 32.2. The molecule has 3 rings (SSSR count). The van der Waals surface area contributed by atoms with Gasteiger partial charge in [-0.2, -0.15) is 0 Å². The van der Waals surface area contributed by atoms with E-state index in [9.17, 15) is 23.2 Å². The van der Waals surface area contributed by atoms with Gasteiger partial charge in [0, 0.05) is 6.20 Å². The Morgan fingerprint density at radius 1 is 0.853 bits per heavy atom. The van der Waals surface area contributed by atoms with Crippen LogP contribution in [0.15, 0.2) is 71.9 Å². The minimum atomic E-state index is -1.23. The van der Waals surface area contributed by atoms with E-state index in [4.69, 9.17) is 4.74 Å². The Balaban J connectivity index is 1.65. The van der Waals surface area contributed by atoms with Crippen LogP contribution in [0.2, 0.25) is 0 Å². The second kappa shape index (κ2) is 11.4. The van der Waals surface area contributed by atoms with Crippen LogP contribution >= 0.6 is 11.8 Å². The van der Waals surface area contributed by atoms with Crippen molar-refractivity contribution in [3.8, 4) is 0 Å². The number of halogens is 2. The van der Waals surface area contributed by atoms with E-state index in [1.165, 1.54) is 61.7 Å². The first kappa shape index (κ1) is 24.8. The number of nitrogens with one attached hydrogen (secondary N) is 2. The van der Waals surface area contributed by atoms with Gasteiger partial charge in [-0.1, -0.05) is 36.0 Å². The maximum absolute atomic E-state index is 13.8. The first-order chi connectivity index (χ1) is 16.3. The summed E-state index contributed by atoms with van der Waals surface area (Å²) in [5, 5.41) is 4.32. The Bertz CT molecular complexity index is 1210. The summed E-state index contributed by atoms with van der Waals surface area (Å²) in [6.45, 7) is 2.93. The first-order valence-electron chi connectivity index (χ1n) is 10.2. The average molecular weight is 486 g/mol. The first-order valence-corrected chi connectivity index (χ1v) is 11.1. The van der Waals surface area contributed by atoms with Crippen LogP contribution in [0.5, 0.6) is 0 Å². The van der Waals surface area contributed by atoms with Gasteiger partial charge in [0.05, 0.1) is 22.2 Å². The molecule has 0 saturated heterocycles. The molecule has 10 heteroatoms. The lowest BCUT2D eigenvalue weighted by atomic mass is 10.2. The molecule has 34 heavy (non-hydrogen) atoms. The number of thioether (sulfide) groups is 1. The summed E-state index contributed by atoms with van der Waals surface area (Å²) in [5.41, 5.74) is 0.0431. The summed E-state index contributed by atoms with van der Waals surface area (Å²) < 4.78 is 32.8. The van der Waals surface area contributed by atoms with Crippen molar-refractivity contribution in [1.29, 1.82) is 0 Å². The molecule has 0 radical (unpaired) electrons. The number of benzene rings is 2. The van der Waals surface area contributed by atoms with Gasteiger partial charge in [0.1, 0.15) is 16.7 Å². The molecular formula is C24H21F2N3O4S. The van der Waals surface area contributed by atoms with Crippen molar-refractivity contribution in [2.45, 2.75) is 30.2 Å². The molecule has 2 N–H and O–H groups in total. The molecule has 176 valence electrons. The minimum Gasteiger partial charge on any atom is -0.449 e. The summed E-state index contributed by atoms with van der Waals surface area (Å²) >= 11 is 0.975. The zero-order valence-corrected chi connectivity index (χ0v) is 19.1. The minimum absolute atomic E-state index is 0.0373. The highest BCUT2D eigenvalue weighted by molar-refractivity contribution is 8.00. The van der Waals surface area contributed by atoms with Crippen LogP contribution in [-0.2, 0) is 14.3 Å². The third-order valence-electron chi connectivity index (χ3n) is 4.57. The normalized spacial score (nSPS) is 12.4. The van der Waals surface area contributed by atoms with Crippen molar-refractivity contribution in [2.75, 3.05) is 10.6 Å². The summed E-state index contributed by atoms with van der Waals surface area (Å²) in [6.07, 6.45) is 0.210. The lowest BCUT2D eigenvalue weighted by Crippen LogP contribution is -2.30. The molecule has 2 aromatic carbocycles. The van der Waals surface area contributed by atoms with Crippen LogP contribution in [0, 0.1) is 11.6 Å². The van der Waals surface area contributed by atoms with Gasteiger partial charge in [0.25, 0.3) is 5.91 Å². The van der Waals surface area contributed by atoms with E-state index in [2.05, 4.69) is 15.6 Å². The van der Waals surface area contributed by atoms with E-state index in [1.807, 2.05) is 0 Å². The van der Waals surface area contributed by atoms with Crippen LogP contribution in [0.4, 0.5) is 20.2 Å². The predicted octanol–water partition coefficient (Wildman–Crippen LogP) is 4.66. The number of para-hydroxylation sites is 2. The van der Waals surface area contributed by atoms with E-state index in [1.54, 1.807) is 19.1 Å². The highest BCUT2D eigenvalue weighted by Gasteiger charge is 2.24. The fourth-order valence-corrected chi connectivity index (χ4v) is 3.63. The molecule has 0 aliphatic heterocycles. The Hall–Kier alpha value is -3.79. The molecule has 0 unspecified atom stereocenters. The Labute approximate surface area is 198 Å². The quantitative estimate of drug-likeness (QED) is 0.356. The third-order valence-corrected chi connectivity index (χ3v) is 5.68. The largest absolute Gasteiger partial charge is 0.449 e. The number of anilines is 2. The van der Waals surface area contributed by atoms with Gasteiger partial charge in [0.2, 0.25) is 5.91 Å². The van der Waals surface area contributed by atoms with Crippen molar-refractivity contribution in [3.63, 3.8) is 0 Å². The zero-order chi connectivity index (χ0) is 24.7. The van der Waals surface area contributed by atoms with E-state index in [0.717, 1.165) is 11.8 Å². The molecule has 0 aliphatic rings. The molecule has 2 atom stereocenters. The van der Waals surface area contributed by atoms with Crippen molar-refractivity contribution in [3.05, 3.63) is 84.1 Å². The van der Waals surface area contributed by atoms with Gasteiger partial charge in [-0.05, 0) is 50.2 Å². The smallest absolute Gasteiger partial charge is 0.341 e. The Morgan fingerprint density at radius 2 is 1.41 bits per heavy atom. The lowest BCUT2D eigenvalue weighted by Gasteiger charge is -2.16. The van der Waals surface area contributed by atoms with E-state index >= 15 is 0 Å². The van der Waals surface area contributed by atoms with Crippen molar-refractivity contribution in [1.82, 2.24) is 4.98 Å². The van der Waals surface area contributed by atoms with Crippen LogP contribution in [-0.4, -0.2) is 34.1 Å². The number of hydrogen-bond donors (Lipinski definition) is 2. The number of carbonyl (C=O) groups is 3. The van der Waals surface area contributed by atoms with Gasteiger partial charge >= 0.3 is 5.97 Å². The summed E-state index contributed by atoms with van der Waals surface area (Å²) in [7, 11) is 0. The monoisotopic (exact) mass is 485 g/mol. The average Bonchev–Trinajstić information content (AvgIpc) is 2.82. The number of ether oxygens (including phenoxy) is 1. The summed E-state index contributed by atoms with van der Waals surface area (Å²) in [4.78, 5) is 41.7. The van der Waals surface area contributed by atoms with E-state index in [0.29, 0.717) is 0 Å². The standard InChI is InChI=1S/C24H21F2N3O4S/c1-14(21(30)28-19-11-5-3-9-17(19)25)33-24(32)16-8-7-13-27-23(16)34-15(2)22(31)29-20-12-6-4-10-18(20)26/h3-15H,1-2H3,(H,28,30)(H,29,31)/t14-,15-/m0/s1. The van der Waals surface area contributed by atoms with Gasteiger partial charge in [-0.15, -0.1) is 0 Å². The molecule has 0 saturated carbocycles.